The third-order valence-electron chi connectivity index (χ3n) is 3.75. The number of fused-ring (bicyclic) bond motifs is 1. The Labute approximate surface area is 127 Å². The lowest BCUT2D eigenvalue weighted by Gasteiger charge is -2.18. The lowest BCUT2D eigenvalue weighted by atomic mass is 10.1. The van der Waals surface area contributed by atoms with Crippen LogP contribution in [0.4, 0.5) is 5.69 Å². The highest BCUT2D eigenvalue weighted by atomic mass is 16.5. The Morgan fingerprint density at radius 1 is 0.955 bits per heavy atom. The number of methoxy groups -OCH3 is 1. The van der Waals surface area contributed by atoms with Crippen LogP contribution in [0.15, 0.2) is 42.5 Å². The first kappa shape index (κ1) is 14.0. The first-order valence-corrected chi connectivity index (χ1v) is 6.72. The highest BCUT2D eigenvalue weighted by molar-refractivity contribution is 6.34. The summed E-state index contributed by atoms with van der Waals surface area (Å²) in [5, 5.41) is 0. The highest BCUT2D eigenvalue weighted by Gasteiger charge is 2.37. The van der Waals surface area contributed by atoms with Crippen LogP contribution in [0.2, 0.25) is 0 Å². The van der Waals surface area contributed by atoms with E-state index in [9.17, 15) is 14.4 Å². The molecule has 0 spiro atoms. The van der Waals surface area contributed by atoms with E-state index in [0.717, 1.165) is 4.90 Å². The fraction of sp³-hybridized carbons (Fsp3) is 0.118. The van der Waals surface area contributed by atoms with Gasteiger partial charge in [0.2, 0.25) is 0 Å². The van der Waals surface area contributed by atoms with Crippen molar-refractivity contribution in [2.24, 2.45) is 0 Å². The van der Waals surface area contributed by atoms with E-state index in [-0.39, 0.29) is 11.8 Å². The average Bonchev–Trinajstić information content (AvgIpc) is 2.79. The van der Waals surface area contributed by atoms with E-state index in [0.29, 0.717) is 27.9 Å². The van der Waals surface area contributed by atoms with Gasteiger partial charge in [-0.15, -0.1) is 0 Å². The number of carbonyl (C=O) groups is 3. The first-order valence-electron chi connectivity index (χ1n) is 6.72. The minimum absolute atomic E-state index is 0.330. The molecule has 5 heteroatoms. The van der Waals surface area contributed by atoms with Crippen molar-refractivity contribution in [3.05, 3.63) is 64.7 Å². The van der Waals surface area contributed by atoms with Gasteiger partial charge in [-0.1, -0.05) is 18.2 Å². The van der Waals surface area contributed by atoms with Crippen LogP contribution in [0.25, 0.3) is 0 Å². The van der Waals surface area contributed by atoms with Crippen LogP contribution in [-0.2, 0) is 4.74 Å². The summed E-state index contributed by atoms with van der Waals surface area (Å²) in [6.45, 7) is 1.69. The fourth-order valence-electron chi connectivity index (χ4n) is 2.60. The third kappa shape index (κ3) is 1.90. The number of nitrogens with zero attached hydrogens (tertiary/aromatic N) is 1. The molecule has 0 N–H and O–H groups in total. The molecule has 0 saturated carbocycles. The second-order valence-corrected chi connectivity index (χ2v) is 4.93. The van der Waals surface area contributed by atoms with Crippen LogP contribution in [0.3, 0.4) is 0 Å². The maximum Gasteiger partial charge on any atom is 0.338 e. The molecule has 110 valence electrons. The Bertz CT molecular complexity index is 775. The van der Waals surface area contributed by atoms with E-state index in [4.69, 9.17) is 4.74 Å². The zero-order valence-electron chi connectivity index (χ0n) is 12.1. The Morgan fingerprint density at radius 2 is 1.55 bits per heavy atom. The van der Waals surface area contributed by atoms with Gasteiger partial charge in [0.15, 0.2) is 0 Å². The summed E-state index contributed by atoms with van der Waals surface area (Å²) in [5.74, 6) is -1.27. The van der Waals surface area contributed by atoms with Crippen molar-refractivity contribution in [1.82, 2.24) is 0 Å². The van der Waals surface area contributed by atoms with Crippen molar-refractivity contribution in [2.45, 2.75) is 6.92 Å². The number of imide groups is 1. The average molecular weight is 295 g/mol. The van der Waals surface area contributed by atoms with Crippen LogP contribution in [0, 0.1) is 6.92 Å². The van der Waals surface area contributed by atoms with Gasteiger partial charge in [-0.3, -0.25) is 9.59 Å². The summed E-state index contributed by atoms with van der Waals surface area (Å²) in [7, 11) is 1.29. The second-order valence-electron chi connectivity index (χ2n) is 4.93. The van der Waals surface area contributed by atoms with Crippen molar-refractivity contribution in [2.75, 3.05) is 12.0 Å². The monoisotopic (exact) mass is 295 g/mol. The predicted molar refractivity (Wildman–Crippen MR) is 80.1 cm³/mol. The van der Waals surface area contributed by atoms with Gasteiger partial charge < -0.3 is 4.74 Å². The lowest BCUT2D eigenvalue weighted by molar-refractivity contribution is 0.0599. The molecule has 2 aromatic carbocycles. The molecule has 1 aliphatic rings. The van der Waals surface area contributed by atoms with Gasteiger partial charge in [0.05, 0.1) is 29.5 Å². The Morgan fingerprint density at radius 3 is 2.09 bits per heavy atom. The number of carbonyl (C=O) groups excluding carboxylic acids is 3. The number of ether oxygens (including phenoxy) is 1. The van der Waals surface area contributed by atoms with E-state index >= 15 is 0 Å². The number of hydrogen-bond donors (Lipinski definition) is 0. The number of benzene rings is 2. The summed E-state index contributed by atoms with van der Waals surface area (Å²) in [4.78, 5) is 37.9. The molecule has 0 saturated heterocycles. The SMILES string of the molecule is COC(=O)c1cccc(N2C(=O)c3ccccc3C2=O)c1C. The van der Waals surface area contributed by atoms with Gasteiger partial charge in [-0.05, 0) is 36.8 Å². The lowest BCUT2D eigenvalue weighted by Crippen LogP contribution is -2.30. The summed E-state index contributed by atoms with van der Waals surface area (Å²) in [6.07, 6.45) is 0. The minimum Gasteiger partial charge on any atom is -0.465 e. The van der Waals surface area contributed by atoms with Gasteiger partial charge in [0.25, 0.3) is 11.8 Å². The maximum absolute atomic E-state index is 12.5. The summed E-state index contributed by atoms with van der Waals surface area (Å²) in [6, 6.07) is 11.5. The molecule has 5 nitrogen and oxygen atoms in total. The summed E-state index contributed by atoms with van der Waals surface area (Å²) in [5.41, 5.74) is 2.00. The molecule has 0 unspecified atom stereocenters. The summed E-state index contributed by atoms with van der Waals surface area (Å²) < 4.78 is 4.72. The normalized spacial score (nSPS) is 13.3. The van der Waals surface area contributed by atoms with Gasteiger partial charge in [-0.25, -0.2) is 9.69 Å². The Hall–Kier alpha value is -2.95. The van der Waals surface area contributed by atoms with E-state index < -0.39 is 5.97 Å². The van der Waals surface area contributed by atoms with Gasteiger partial charge >= 0.3 is 5.97 Å². The number of rotatable bonds is 2. The molecule has 0 atom stereocenters. The molecule has 2 amide bonds. The molecule has 0 aromatic heterocycles. The standard InChI is InChI=1S/C17H13NO4/c1-10-11(17(21)22-2)8-5-9-14(10)18-15(19)12-6-3-4-7-13(12)16(18)20/h3-9H,1-2H3. The summed E-state index contributed by atoms with van der Waals surface area (Å²) >= 11 is 0. The predicted octanol–water partition coefficient (Wildman–Crippen LogP) is 2.58. The molecule has 3 rings (SSSR count). The number of amides is 2. The first-order chi connectivity index (χ1) is 10.6. The van der Waals surface area contributed by atoms with Crippen LogP contribution >= 0.6 is 0 Å². The molecule has 1 aliphatic heterocycles. The van der Waals surface area contributed by atoms with Crippen LogP contribution in [0.1, 0.15) is 36.6 Å². The zero-order valence-corrected chi connectivity index (χ0v) is 12.1. The Kier molecular flexibility index (Phi) is 3.25. The fourth-order valence-corrected chi connectivity index (χ4v) is 2.60. The quantitative estimate of drug-likeness (QED) is 0.631. The van der Waals surface area contributed by atoms with Crippen molar-refractivity contribution in [3.8, 4) is 0 Å². The smallest absolute Gasteiger partial charge is 0.338 e. The Balaban J connectivity index is 2.13. The molecule has 2 aromatic rings. The van der Waals surface area contributed by atoms with Gasteiger partial charge in [0.1, 0.15) is 0 Å². The topological polar surface area (TPSA) is 63.7 Å². The van der Waals surface area contributed by atoms with E-state index in [1.54, 1.807) is 49.4 Å². The maximum atomic E-state index is 12.5. The number of hydrogen-bond acceptors (Lipinski definition) is 4. The number of anilines is 1. The minimum atomic E-state index is -0.504. The van der Waals surface area contributed by atoms with Crippen LogP contribution in [-0.4, -0.2) is 24.9 Å². The molecule has 22 heavy (non-hydrogen) atoms. The van der Waals surface area contributed by atoms with E-state index in [2.05, 4.69) is 0 Å². The molecule has 0 fully saturated rings. The van der Waals surface area contributed by atoms with Gasteiger partial charge in [-0.2, -0.15) is 0 Å². The van der Waals surface area contributed by atoms with Crippen molar-refractivity contribution in [1.29, 1.82) is 0 Å². The highest BCUT2D eigenvalue weighted by Crippen LogP contribution is 2.31. The largest absolute Gasteiger partial charge is 0.465 e. The van der Waals surface area contributed by atoms with Crippen LogP contribution < -0.4 is 4.90 Å². The van der Waals surface area contributed by atoms with E-state index in [1.165, 1.54) is 7.11 Å². The molecule has 0 aliphatic carbocycles. The molecule has 1 heterocycles. The van der Waals surface area contributed by atoms with Crippen molar-refractivity contribution in [3.63, 3.8) is 0 Å². The molecule has 0 bridgehead atoms. The van der Waals surface area contributed by atoms with Crippen molar-refractivity contribution >= 4 is 23.5 Å². The van der Waals surface area contributed by atoms with Crippen LogP contribution in [0.5, 0.6) is 0 Å². The van der Waals surface area contributed by atoms with Gasteiger partial charge in [0, 0.05) is 0 Å². The van der Waals surface area contributed by atoms with Crippen molar-refractivity contribution < 1.29 is 19.1 Å². The number of esters is 1. The zero-order chi connectivity index (χ0) is 15.9. The molecular formula is C17H13NO4. The molecular weight excluding hydrogens is 282 g/mol. The third-order valence-corrected chi connectivity index (χ3v) is 3.75. The second kappa shape index (κ2) is 5.11. The van der Waals surface area contributed by atoms with E-state index in [1.807, 2.05) is 0 Å². The molecule has 0 radical (unpaired) electrons.